The maximum absolute atomic E-state index is 5.77. The average Bonchev–Trinajstić information content (AvgIpc) is 2.86. The zero-order valence-electron chi connectivity index (χ0n) is 19.8. The topological polar surface area (TPSA) is 80.2 Å². The summed E-state index contributed by atoms with van der Waals surface area (Å²) in [7, 11) is 3.47. The van der Waals surface area contributed by atoms with E-state index in [0.717, 1.165) is 56.5 Å². The number of benzene rings is 1. The van der Waals surface area contributed by atoms with Gasteiger partial charge in [-0.05, 0) is 30.2 Å². The van der Waals surface area contributed by atoms with Crippen molar-refractivity contribution in [3.63, 3.8) is 0 Å². The van der Waals surface area contributed by atoms with Crippen LogP contribution in [0.1, 0.15) is 30.5 Å². The summed E-state index contributed by atoms with van der Waals surface area (Å²) in [6.07, 6.45) is 2.70. The molecule has 1 aromatic heterocycles. The number of aliphatic imine (C=N–C) groups is 1. The lowest BCUT2D eigenvalue weighted by Crippen LogP contribution is -2.46. The molecule has 1 aromatic carbocycles. The number of guanidine groups is 1. The van der Waals surface area contributed by atoms with Crippen LogP contribution in [-0.4, -0.2) is 69.5 Å². The van der Waals surface area contributed by atoms with Gasteiger partial charge in [-0.1, -0.05) is 25.1 Å². The van der Waals surface area contributed by atoms with Crippen LogP contribution in [0.15, 0.2) is 47.6 Å². The zero-order chi connectivity index (χ0) is 22.6. The summed E-state index contributed by atoms with van der Waals surface area (Å²) in [5.74, 6) is 2.27. The maximum atomic E-state index is 5.77. The van der Waals surface area contributed by atoms with E-state index < -0.39 is 0 Å². The summed E-state index contributed by atoms with van der Waals surface area (Å²) in [6, 6.07) is 12.4. The molecule has 3 rings (SSSR count). The molecule has 182 valence electrons. The molecule has 0 spiro atoms. The van der Waals surface area contributed by atoms with Crippen molar-refractivity contribution in [3.05, 3.63) is 53.7 Å². The number of methoxy groups -OCH3 is 1. The largest absolute Gasteiger partial charge is 0.497 e. The van der Waals surface area contributed by atoms with Crippen LogP contribution in [0.25, 0.3) is 0 Å². The number of aromatic nitrogens is 1. The van der Waals surface area contributed by atoms with Gasteiger partial charge in [0.25, 0.3) is 0 Å². The van der Waals surface area contributed by atoms with E-state index in [1.807, 2.05) is 24.3 Å². The third-order valence-electron chi connectivity index (χ3n) is 5.41. The Morgan fingerprint density at radius 1 is 1.18 bits per heavy atom. The van der Waals surface area contributed by atoms with Gasteiger partial charge in [-0.2, -0.15) is 0 Å². The lowest BCUT2D eigenvalue weighted by atomic mass is 10.0. The van der Waals surface area contributed by atoms with Crippen LogP contribution in [0.3, 0.4) is 0 Å². The van der Waals surface area contributed by atoms with Crippen LogP contribution in [-0.2, 0) is 11.3 Å². The van der Waals surface area contributed by atoms with Crippen LogP contribution in [0, 0.1) is 0 Å². The molecule has 0 bridgehead atoms. The molecule has 8 nitrogen and oxygen atoms in total. The monoisotopic (exact) mass is 569 g/mol. The van der Waals surface area contributed by atoms with Crippen molar-refractivity contribution in [2.75, 3.05) is 53.6 Å². The van der Waals surface area contributed by atoms with Crippen molar-refractivity contribution in [1.82, 2.24) is 20.5 Å². The highest BCUT2D eigenvalue weighted by Gasteiger charge is 2.23. The molecule has 0 amide bonds. The predicted molar refractivity (Wildman–Crippen MR) is 142 cm³/mol. The van der Waals surface area contributed by atoms with Crippen LogP contribution < -0.4 is 20.1 Å². The van der Waals surface area contributed by atoms with Crippen LogP contribution in [0.2, 0.25) is 0 Å². The van der Waals surface area contributed by atoms with Crippen molar-refractivity contribution in [2.24, 2.45) is 4.99 Å². The fraction of sp³-hybridized carbons (Fsp3) is 0.500. The summed E-state index contributed by atoms with van der Waals surface area (Å²) < 4.78 is 16.7. The SMILES string of the molecule is CCCOc1ncccc1CNC(=NC)NCC(c1ccc(OC)cc1)N1CCOCC1.I. The van der Waals surface area contributed by atoms with Crippen molar-refractivity contribution in [2.45, 2.75) is 25.9 Å². The van der Waals surface area contributed by atoms with Crippen molar-refractivity contribution in [1.29, 1.82) is 0 Å². The summed E-state index contributed by atoms with van der Waals surface area (Å²) in [6.45, 7) is 7.34. The second kappa shape index (κ2) is 14.9. The summed E-state index contributed by atoms with van der Waals surface area (Å²) in [5, 5.41) is 6.88. The molecule has 33 heavy (non-hydrogen) atoms. The zero-order valence-corrected chi connectivity index (χ0v) is 22.1. The van der Waals surface area contributed by atoms with Gasteiger partial charge in [0.05, 0.1) is 33.0 Å². The Morgan fingerprint density at radius 3 is 2.61 bits per heavy atom. The third-order valence-corrected chi connectivity index (χ3v) is 5.41. The van der Waals surface area contributed by atoms with Gasteiger partial charge in [0.1, 0.15) is 5.75 Å². The number of morpholine rings is 1. The van der Waals surface area contributed by atoms with Crippen LogP contribution >= 0.6 is 24.0 Å². The molecule has 0 radical (unpaired) electrons. The fourth-order valence-electron chi connectivity index (χ4n) is 3.65. The molecular formula is C24H36IN5O3. The molecular weight excluding hydrogens is 533 g/mol. The molecule has 2 heterocycles. The van der Waals surface area contributed by atoms with Gasteiger partial charge < -0.3 is 24.8 Å². The number of halogens is 1. The third kappa shape index (κ3) is 8.31. The van der Waals surface area contributed by atoms with E-state index in [9.17, 15) is 0 Å². The number of ether oxygens (including phenoxy) is 3. The number of hydrogen-bond acceptors (Lipinski definition) is 6. The molecule has 1 unspecified atom stereocenters. The second-order valence-electron chi connectivity index (χ2n) is 7.56. The second-order valence-corrected chi connectivity index (χ2v) is 7.56. The number of nitrogens with one attached hydrogen (secondary N) is 2. The fourth-order valence-corrected chi connectivity index (χ4v) is 3.65. The Labute approximate surface area is 214 Å². The van der Waals surface area contributed by atoms with Gasteiger partial charge in [-0.25, -0.2) is 4.98 Å². The Bertz CT molecular complexity index is 844. The first kappa shape index (κ1) is 27.1. The average molecular weight is 569 g/mol. The quantitative estimate of drug-likeness (QED) is 0.259. The molecule has 1 fully saturated rings. The van der Waals surface area contributed by atoms with Gasteiger partial charge in [-0.3, -0.25) is 9.89 Å². The van der Waals surface area contributed by atoms with Gasteiger partial charge in [0.2, 0.25) is 5.88 Å². The Morgan fingerprint density at radius 2 is 1.94 bits per heavy atom. The normalized spacial score (nSPS) is 15.3. The molecule has 1 aliphatic rings. The van der Waals surface area contributed by atoms with Gasteiger partial charge in [0.15, 0.2) is 5.96 Å². The minimum absolute atomic E-state index is 0. The molecule has 0 saturated carbocycles. The van der Waals surface area contributed by atoms with Gasteiger partial charge in [-0.15, -0.1) is 24.0 Å². The van der Waals surface area contributed by atoms with Crippen LogP contribution in [0.4, 0.5) is 0 Å². The minimum Gasteiger partial charge on any atom is -0.497 e. The predicted octanol–water partition coefficient (Wildman–Crippen LogP) is 3.24. The molecule has 2 N–H and O–H groups in total. The van der Waals surface area contributed by atoms with E-state index in [1.54, 1.807) is 20.4 Å². The lowest BCUT2D eigenvalue weighted by Gasteiger charge is -2.35. The Hall–Kier alpha value is -2.11. The molecule has 1 atom stereocenters. The van der Waals surface area contributed by atoms with Gasteiger partial charge in [0, 0.05) is 45.0 Å². The Balaban J connectivity index is 0.00000385. The van der Waals surface area contributed by atoms with E-state index in [4.69, 9.17) is 14.2 Å². The molecule has 9 heteroatoms. The van der Waals surface area contributed by atoms with E-state index in [-0.39, 0.29) is 30.0 Å². The highest BCUT2D eigenvalue weighted by Crippen LogP contribution is 2.23. The highest BCUT2D eigenvalue weighted by molar-refractivity contribution is 14.0. The van der Waals surface area contributed by atoms with Gasteiger partial charge >= 0.3 is 0 Å². The number of pyridine rings is 1. The first-order valence-corrected chi connectivity index (χ1v) is 11.2. The van der Waals surface area contributed by atoms with E-state index >= 15 is 0 Å². The van der Waals surface area contributed by atoms with E-state index in [2.05, 4.69) is 44.6 Å². The Kier molecular flexibility index (Phi) is 12.3. The molecule has 1 aliphatic heterocycles. The highest BCUT2D eigenvalue weighted by atomic mass is 127. The summed E-state index contributed by atoms with van der Waals surface area (Å²) in [5.41, 5.74) is 2.24. The number of nitrogens with zero attached hydrogens (tertiary/aromatic N) is 3. The van der Waals surface area contributed by atoms with Crippen LogP contribution in [0.5, 0.6) is 11.6 Å². The first-order valence-electron chi connectivity index (χ1n) is 11.2. The lowest BCUT2D eigenvalue weighted by molar-refractivity contribution is 0.0170. The standard InChI is InChI=1S/C24H35N5O3.HI/c1-4-14-32-23-20(6-5-11-26-23)17-27-24(25-2)28-18-22(29-12-15-31-16-13-29)19-7-9-21(30-3)10-8-19;/h5-11,22H,4,12-18H2,1-3H3,(H2,25,27,28);1H. The number of hydrogen-bond donors (Lipinski definition) is 2. The van der Waals surface area contributed by atoms with Crippen molar-refractivity contribution in [3.8, 4) is 11.6 Å². The molecule has 0 aliphatic carbocycles. The molecule has 1 saturated heterocycles. The van der Waals surface area contributed by atoms with Crippen molar-refractivity contribution < 1.29 is 14.2 Å². The first-order chi connectivity index (χ1) is 15.7. The van der Waals surface area contributed by atoms with Crippen molar-refractivity contribution >= 4 is 29.9 Å². The number of rotatable bonds is 10. The maximum Gasteiger partial charge on any atom is 0.218 e. The summed E-state index contributed by atoms with van der Waals surface area (Å²) >= 11 is 0. The smallest absolute Gasteiger partial charge is 0.218 e. The van der Waals surface area contributed by atoms with E-state index in [0.29, 0.717) is 19.0 Å². The minimum atomic E-state index is 0. The van der Waals surface area contributed by atoms with E-state index in [1.165, 1.54) is 5.56 Å². The molecule has 2 aromatic rings. The summed E-state index contributed by atoms with van der Waals surface area (Å²) in [4.78, 5) is 11.2.